The first-order valence-corrected chi connectivity index (χ1v) is 7.62. The zero-order valence-corrected chi connectivity index (χ0v) is 14.1. The Morgan fingerprint density at radius 2 is 2.14 bits per heavy atom. The first kappa shape index (κ1) is 15.9. The molecule has 0 saturated carbocycles. The molecule has 0 unspecified atom stereocenters. The second-order valence-corrected chi connectivity index (χ2v) is 5.51. The summed E-state index contributed by atoms with van der Waals surface area (Å²) in [5.41, 5.74) is 2.14. The lowest BCUT2D eigenvalue weighted by Gasteiger charge is -2.15. The zero-order chi connectivity index (χ0) is 15.2. The third-order valence-corrected chi connectivity index (χ3v) is 3.62. The van der Waals surface area contributed by atoms with Crippen LogP contribution < -0.4 is 14.8 Å². The van der Waals surface area contributed by atoms with Crippen molar-refractivity contribution in [3.8, 4) is 11.5 Å². The SMILES string of the molecule is CCOc1cc(CNC)cc(Br)c1OCc1cncn1C. The molecular weight excluding hydrogens is 334 g/mol. The molecule has 1 aromatic carbocycles. The number of imidazole rings is 1. The maximum Gasteiger partial charge on any atom is 0.175 e. The van der Waals surface area contributed by atoms with Gasteiger partial charge >= 0.3 is 0 Å². The van der Waals surface area contributed by atoms with Crippen LogP contribution in [0.15, 0.2) is 29.1 Å². The Labute approximate surface area is 133 Å². The van der Waals surface area contributed by atoms with Gasteiger partial charge in [-0.1, -0.05) is 0 Å². The number of benzene rings is 1. The van der Waals surface area contributed by atoms with E-state index in [0.29, 0.717) is 13.2 Å². The Morgan fingerprint density at radius 3 is 2.76 bits per heavy atom. The van der Waals surface area contributed by atoms with Gasteiger partial charge in [0.1, 0.15) is 6.61 Å². The first-order valence-electron chi connectivity index (χ1n) is 6.83. The molecule has 0 aliphatic carbocycles. The Hall–Kier alpha value is -1.53. The fraction of sp³-hybridized carbons (Fsp3) is 0.400. The molecule has 1 heterocycles. The van der Waals surface area contributed by atoms with Crippen molar-refractivity contribution in [3.05, 3.63) is 40.4 Å². The average molecular weight is 354 g/mol. The van der Waals surface area contributed by atoms with E-state index in [1.807, 2.05) is 37.7 Å². The van der Waals surface area contributed by atoms with Gasteiger partial charge in [0.25, 0.3) is 0 Å². The summed E-state index contributed by atoms with van der Waals surface area (Å²) >= 11 is 3.57. The predicted octanol–water partition coefficient (Wildman–Crippen LogP) is 2.88. The van der Waals surface area contributed by atoms with Crippen molar-refractivity contribution in [3.63, 3.8) is 0 Å². The van der Waals surface area contributed by atoms with Crippen LogP contribution in [0, 0.1) is 0 Å². The molecule has 6 heteroatoms. The van der Waals surface area contributed by atoms with E-state index in [2.05, 4.69) is 26.2 Å². The largest absolute Gasteiger partial charge is 0.490 e. The lowest BCUT2D eigenvalue weighted by atomic mass is 10.2. The standard InChI is InChI=1S/C15H20BrN3O2/c1-4-20-14-6-11(7-17-2)5-13(16)15(14)21-9-12-8-18-10-19(12)3/h5-6,8,10,17H,4,7,9H2,1-3H3. The van der Waals surface area contributed by atoms with Gasteiger partial charge in [0.05, 0.1) is 29.3 Å². The fourth-order valence-corrected chi connectivity index (χ4v) is 2.60. The molecule has 0 aliphatic heterocycles. The van der Waals surface area contributed by atoms with Crippen LogP contribution in [0.3, 0.4) is 0 Å². The molecule has 0 atom stereocenters. The van der Waals surface area contributed by atoms with Gasteiger partial charge in [-0.15, -0.1) is 0 Å². The molecule has 0 radical (unpaired) electrons. The van der Waals surface area contributed by atoms with E-state index in [1.54, 1.807) is 12.5 Å². The van der Waals surface area contributed by atoms with Gasteiger partial charge in [0.15, 0.2) is 11.5 Å². The highest BCUT2D eigenvalue weighted by Crippen LogP contribution is 2.37. The molecule has 2 rings (SSSR count). The van der Waals surface area contributed by atoms with Crippen LogP contribution in [-0.2, 0) is 20.2 Å². The van der Waals surface area contributed by atoms with Crippen LogP contribution in [0.25, 0.3) is 0 Å². The maximum atomic E-state index is 5.93. The lowest BCUT2D eigenvalue weighted by Crippen LogP contribution is -2.07. The summed E-state index contributed by atoms with van der Waals surface area (Å²) in [6.45, 7) is 3.78. The average Bonchev–Trinajstić information content (AvgIpc) is 2.84. The summed E-state index contributed by atoms with van der Waals surface area (Å²) in [6, 6.07) is 4.04. The van der Waals surface area contributed by atoms with Crippen molar-refractivity contribution >= 4 is 15.9 Å². The van der Waals surface area contributed by atoms with E-state index in [9.17, 15) is 0 Å². The molecule has 2 aromatic rings. The van der Waals surface area contributed by atoms with Crippen molar-refractivity contribution in [2.75, 3.05) is 13.7 Å². The fourth-order valence-electron chi connectivity index (χ4n) is 2.00. The van der Waals surface area contributed by atoms with Crippen LogP contribution in [0.2, 0.25) is 0 Å². The highest BCUT2D eigenvalue weighted by molar-refractivity contribution is 9.10. The number of hydrogen-bond acceptors (Lipinski definition) is 4. The zero-order valence-electron chi connectivity index (χ0n) is 12.5. The lowest BCUT2D eigenvalue weighted by molar-refractivity contribution is 0.262. The summed E-state index contributed by atoms with van der Waals surface area (Å²) in [4.78, 5) is 4.09. The normalized spacial score (nSPS) is 10.7. The number of halogens is 1. The molecular formula is C15H20BrN3O2. The van der Waals surface area contributed by atoms with E-state index in [-0.39, 0.29) is 0 Å². The molecule has 0 fully saturated rings. The van der Waals surface area contributed by atoms with Gasteiger partial charge in [-0.25, -0.2) is 4.98 Å². The number of nitrogens with zero attached hydrogens (tertiary/aromatic N) is 2. The highest BCUT2D eigenvalue weighted by Gasteiger charge is 2.13. The van der Waals surface area contributed by atoms with E-state index < -0.39 is 0 Å². The monoisotopic (exact) mass is 353 g/mol. The van der Waals surface area contributed by atoms with Gasteiger partial charge in [-0.2, -0.15) is 0 Å². The van der Waals surface area contributed by atoms with Gasteiger partial charge in [-0.3, -0.25) is 0 Å². The van der Waals surface area contributed by atoms with Gasteiger partial charge in [0, 0.05) is 13.6 Å². The predicted molar refractivity (Wildman–Crippen MR) is 85.6 cm³/mol. The number of rotatable bonds is 7. The molecule has 0 amide bonds. The molecule has 0 saturated heterocycles. The number of ether oxygens (including phenoxy) is 2. The third kappa shape index (κ3) is 3.98. The molecule has 1 aromatic heterocycles. The van der Waals surface area contributed by atoms with Crippen molar-refractivity contribution in [1.82, 2.24) is 14.9 Å². The minimum Gasteiger partial charge on any atom is -0.490 e. The second kappa shape index (κ2) is 7.47. The van der Waals surface area contributed by atoms with Gasteiger partial charge < -0.3 is 19.4 Å². The molecule has 0 aliphatic rings. The minimum atomic E-state index is 0.445. The smallest absolute Gasteiger partial charge is 0.175 e. The van der Waals surface area contributed by atoms with Crippen LogP contribution >= 0.6 is 15.9 Å². The number of aryl methyl sites for hydroxylation is 1. The van der Waals surface area contributed by atoms with Gasteiger partial charge in [-0.05, 0) is 47.6 Å². The molecule has 5 nitrogen and oxygen atoms in total. The van der Waals surface area contributed by atoms with Crippen LogP contribution in [0.5, 0.6) is 11.5 Å². The number of nitrogens with one attached hydrogen (secondary N) is 1. The summed E-state index contributed by atoms with van der Waals surface area (Å²) in [7, 11) is 3.86. The minimum absolute atomic E-state index is 0.445. The van der Waals surface area contributed by atoms with Crippen molar-refractivity contribution in [1.29, 1.82) is 0 Å². The summed E-state index contributed by atoms with van der Waals surface area (Å²) in [6.07, 6.45) is 3.55. The molecule has 0 bridgehead atoms. The van der Waals surface area contributed by atoms with Crippen LogP contribution in [-0.4, -0.2) is 23.2 Å². The maximum absolute atomic E-state index is 5.93. The van der Waals surface area contributed by atoms with E-state index in [4.69, 9.17) is 9.47 Å². The number of hydrogen-bond donors (Lipinski definition) is 1. The molecule has 114 valence electrons. The molecule has 21 heavy (non-hydrogen) atoms. The summed E-state index contributed by atoms with van der Waals surface area (Å²) in [5.74, 6) is 1.47. The summed E-state index contributed by atoms with van der Waals surface area (Å²) < 4.78 is 14.4. The van der Waals surface area contributed by atoms with E-state index >= 15 is 0 Å². The van der Waals surface area contributed by atoms with Crippen molar-refractivity contribution in [2.45, 2.75) is 20.1 Å². The Morgan fingerprint density at radius 1 is 1.33 bits per heavy atom. The quantitative estimate of drug-likeness (QED) is 0.831. The number of aromatic nitrogens is 2. The molecule has 0 spiro atoms. The van der Waals surface area contributed by atoms with E-state index in [0.717, 1.165) is 33.8 Å². The Kier molecular flexibility index (Phi) is 5.64. The van der Waals surface area contributed by atoms with Gasteiger partial charge in [0.2, 0.25) is 0 Å². The highest BCUT2D eigenvalue weighted by atomic mass is 79.9. The van der Waals surface area contributed by atoms with E-state index in [1.165, 1.54) is 0 Å². The van der Waals surface area contributed by atoms with Crippen LogP contribution in [0.1, 0.15) is 18.2 Å². The topological polar surface area (TPSA) is 48.3 Å². The van der Waals surface area contributed by atoms with Crippen molar-refractivity contribution in [2.24, 2.45) is 7.05 Å². The summed E-state index contributed by atoms with van der Waals surface area (Å²) in [5, 5.41) is 3.13. The first-order chi connectivity index (χ1) is 10.2. The Bertz CT molecular complexity index is 599. The Balaban J connectivity index is 2.22. The third-order valence-electron chi connectivity index (χ3n) is 3.03. The molecule has 1 N–H and O–H groups in total. The van der Waals surface area contributed by atoms with Crippen molar-refractivity contribution < 1.29 is 9.47 Å². The van der Waals surface area contributed by atoms with Crippen LogP contribution in [0.4, 0.5) is 0 Å². The second-order valence-electron chi connectivity index (χ2n) is 4.65.